The average Bonchev–Trinajstić information content (AvgIpc) is 3.41. The van der Waals surface area contributed by atoms with Crippen LogP contribution in [0.15, 0.2) is 47.2 Å². The van der Waals surface area contributed by atoms with E-state index in [2.05, 4.69) is 52.3 Å². The van der Waals surface area contributed by atoms with Crippen LogP contribution in [0, 0.1) is 5.92 Å². The number of rotatable bonds is 10. The molecule has 14 nitrogen and oxygen atoms in total. The SMILES string of the molecule is C[C@H](NOCc1ccc(Br)cc1)C(=O)OP(=O)(O)O.Nc1nc(NC2CC2)c2ncn([C@H]3C=C[C@@H](CO)C3)c2n1. The first kappa shape index (κ1) is 30.1. The number of nitrogens with one attached hydrogen (secondary N) is 2. The van der Waals surface area contributed by atoms with E-state index in [1.165, 1.54) is 6.92 Å². The summed E-state index contributed by atoms with van der Waals surface area (Å²) in [7, 11) is -4.82. The molecule has 0 aliphatic heterocycles. The van der Waals surface area contributed by atoms with Crippen LogP contribution in [0.4, 0.5) is 11.8 Å². The first-order valence-electron chi connectivity index (χ1n) is 12.5. The smallest absolute Gasteiger partial charge is 0.396 e. The zero-order chi connectivity index (χ0) is 28.9. The molecule has 0 amide bonds. The van der Waals surface area contributed by atoms with Crippen LogP contribution in [0.2, 0.25) is 0 Å². The number of fused-ring (bicyclic) bond motifs is 1. The van der Waals surface area contributed by atoms with Crippen LogP contribution in [-0.4, -0.2) is 59.1 Å². The Kier molecular flexibility index (Phi) is 9.90. The Morgan fingerprint density at radius 3 is 2.60 bits per heavy atom. The molecule has 0 saturated heterocycles. The summed E-state index contributed by atoms with van der Waals surface area (Å²) in [5.74, 6) is 0.0901. The highest BCUT2D eigenvalue weighted by atomic mass is 79.9. The second kappa shape index (κ2) is 13.2. The Balaban J connectivity index is 0.000000186. The molecule has 2 aromatic heterocycles. The zero-order valence-corrected chi connectivity index (χ0v) is 24.0. The van der Waals surface area contributed by atoms with Gasteiger partial charge in [-0.05, 0) is 43.9 Å². The number of hydrogen-bond acceptors (Lipinski definition) is 11. The van der Waals surface area contributed by atoms with E-state index < -0.39 is 19.8 Å². The summed E-state index contributed by atoms with van der Waals surface area (Å²) < 4.78 is 17.3. The number of benzene rings is 1. The normalized spacial score (nSPS) is 19.2. The third-order valence-electron chi connectivity index (χ3n) is 6.07. The summed E-state index contributed by atoms with van der Waals surface area (Å²) in [5.41, 5.74) is 10.6. The molecule has 3 aromatic rings. The van der Waals surface area contributed by atoms with Crippen molar-refractivity contribution in [2.24, 2.45) is 5.92 Å². The van der Waals surface area contributed by atoms with Crippen molar-refractivity contribution in [1.82, 2.24) is 25.0 Å². The van der Waals surface area contributed by atoms with Gasteiger partial charge in [-0.3, -0.25) is 14.6 Å². The minimum Gasteiger partial charge on any atom is -0.396 e. The van der Waals surface area contributed by atoms with Gasteiger partial charge in [0.25, 0.3) is 0 Å². The molecule has 0 spiro atoms. The van der Waals surface area contributed by atoms with Crippen LogP contribution in [0.5, 0.6) is 0 Å². The quantitative estimate of drug-likeness (QED) is 0.107. The van der Waals surface area contributed by atoms with E-state index >= 15 is 0 Å². The lowest BCUT2D eigenvalue weighted by Gasteiger charge is -2.13. The summed E-state index contributed by atoms with van der Waals surface area (Å²) in [6.07, 6.45) is 9.10. The largest absolute Gasteiger partial charge is 0.527 e. The fourth-order valence-electron chi connectivity index (χ4n) is 3.87. The fraction of sp³-hybridized carbons (Fsp3) is 0.417. The highest BCUT2D eigenvalue weighted by Crippen LogP contribution is 2.36. The summed E-state index contributed by atoms with van der Waals surface area (Å²) in [5, 5.41) is 12.6. The van der Waals surface area contributed by atoms with Gasteiger partial charge in [0.2, 0.25) is 5.95 Å². The predicted octanol–water partition coefficient (Wildman–Crippen LogP) is 2.59. The molecule has 40 heavy (non-hydrogen) atoms. The molecule has 0 unspecified atom stereocenters. The number of nitrogens with zero attached hydrogens (tertiary/aromatic N) is 4. The Bertz CT molecular complexity index is 1390. The van der Waals surface area contributed by atoms with E-state index in [0.29, 0.717) is 6.04 Å². The molecule has 16 heteroatoms. The third kappa shape index (κ3) is 8.54. The lowest BCUT2D eigenvalue weighted by atomic mass is 10.1. The first-order chi connectivity index (χ1) is 19.0. The maximum atomic E-state index is 11.2. The molecule has 1 fully saturated rings. The van der Waals surface area contributed by atoms with E-state index in [1.807, 2.05) is 34.9 Å². The minimum absolute atomic E-state index is 0.162. The van der Waals surface area contributed by atoms with Crippen molar-refractivity contribution in [2.75, 3.05) is 17.7 Å². The van der Waals surface area contributed by atoms with Gasteiger partial charge in [-0.25, -0.2) is 14.3 Å². The number of anilines is 2. The molecule has 2 aliphatic carbocycles. The monoisotopic (exact) mass is 639 g/mol. The molecule has 216 valence electrons. The maximum absolute atomic E-state index is 11.2. The van der Waals surface area contributed by atoms with Crippen molar-refractivity contribution in [3.63, 3.8) is 0 Å². The Labute approximate surface area is 238 Å². The van der Waals surface area contributed by atoms with Crippen LogP contribution in [0.25, 0.3) is 11.2 Å². The number of phosphoric acid groups is 1. The summed E-state index contributed by atoms with van der Waals surface area (Å²) in [6, 6.07) is 6.97. The molecule has 1 aromatic carbocycles. The zero-order valence-electron chi connectivity index (χ0n) is 21.6. The number of phosphoric ester groups is 1. The second-order valence-electron chi connectivity index (χ2n) is 9.46. The van der Waals surface area contributed by atoms with Crippen LogP contribution < -0.4 is 16.5 Å². The van der Waals surface area contributed by atoms with Crippen molar-refractivity contribution in [1.29, 1.82) is 0 Å². The van der Waals surface area contributed by atoms with Crippen LogP contribution >= 0.6 is 23.8 Å². The van der Waals surface area contributed by atoms with Gasteiger partial charge in [-0.15, -0.1) is 0 Å². The molecule has 5 rings (SSSR count). The summed E-state index contributed by atoms with van der Waals surface area (Å²) in [6.45, 7) is 1.73. The average molecular weight is 640 g/mol. The predicted molar refractivity (Wildman–Crippen MR) is 149 cm³/mol. The minimum atomic E-state index is -4.82. The number of aromatic nitrogens is 4. The number of aliphatic hydroxyl groups is 1. The fourth-order valence-corrected chi connectivity index (χ4v) is 4.52. The van der Waals surface area contributed by atoms with Gasteiger partial charge < -0.3 is 25.2 Å². The number of halogens is 1. The summed E-state index contributed by atoms with van der Waals surface area (Å²) >= 11 is 3.29. The number of hydroxylamine groups is 1. The molecule has 1 saturated carbocycles. The van der Waals surface area contributed by atoms with Gasteiger partial charge in [-0.1, -0.05) is 40.2 Å². The molecule has 0 bridgehead atoms. The van der Waals surface area contributed by atoms with Gasteiger partial charge in [0.05, 0.1) is 19.0 Å². The second-order valence-corrected chi connectivity index (χ2v) is 11.5. The van der Waals surface area contributed by atoms with Gasteiger partial charge in [0.15, 0.2) is 17.0 Å². The lowest BCUT2D eigenvalue weighted by Crippen LogP contribution is -2.34. The van der Waals surface area contributed by atoms with E-state index in [9.17, 15) is 14.5 Å². The number of allylic oxidation sites excluding steroid dienone is 1. The number of nitrogens with two attached hydrogens (primary N) is 1. The van der Waals surface area contributed by atoms with Crippen molar-refractivity contribution in [3.05, 3.63) is 52.8 Å². The molecular weight excluding hydrogens is 609 g/mol. The van der Waals surface area contributed by atoms with Gasteiger partial charge in [0, 0.05) is 23.0 Å². The molecule has 0 radical (unpaired) electrons. The van der Waals surface area contributed by atoms with Crippen molar-refractivity contribution >= 4 is 52.7 Å². The molecule has 7 N–H and O–H groups in total. The van der Waals surface area contributed by atoms with Gasteiger partial charge >= 0.3 is 13.8 Å². The highest BCUT2D eigenvalue weighted by molar-refractivity contribution is 9.10. The van der Waals surface area contributed by atoms with Crippen molar-refractivity contribution in [2.45, 2.75) is 50.9 Å². The maximum Gasteiger partial charge on any atom is 0.527 e. The molecule has 2 aliphatic rings. The number of carbonyl (C=O) groups excluding carboxylic acids is 1. The molecular formula is C24H31BrN7O7P. The number of hydrogen-bond donors (Lipinski definition) is 6. The molecule has 2 heterocycles. The van der Waals surface area contributed by atoms with Crippen LogP contribution in [0.1, 0.15) is 37.8 Å². The Morgan fingerprint density at radius 2 is 1.98 bits per heavy atom. The van der Waals surface area contributed by atoms with Crippen molar-refractivity contribution < 1.29 is 33.6 Å². The van der Waals surface area contributed by atoms with Gasteiger partial charge in [0.1, 0.15) is 6.04 Å². The van der Waals surface area contributed by atoms with E-state index in [1.54, 1.807) is 6.33 Å². The number of nitrogen functional groups attached to an aromatic ring is 1. The van der Waals surface area contributed by atoms with Gasteiger partial charge in [-0.2, -0.15) is 15.4 Å². The summed E-state index contributed by atoms with van der Waals surface area (Å²) in [4.78, 5) is 46.2. The number of aliphatic hydroxyl groups excluding tert-OH is 1. The van der Waals surface area contributed by atoms with E-state index in [4.69, 9.17) is 20.4 Å². The highest BCUT2D eigenvalue weighted by Gasteiger charge is 2.27. The third-order valence-corrected chi connectivity index (χ3v) is 7.02. The van der Waals surface area contributed by atoms with E-state index in [0.717, 1.165) is 46.3 Å². The first-order valence-corrected chi connectivity index (χ1v) is 14.8. The lowest BCUT2D eigenvalue weighted by molar-refractivity contribution is -0.142. The number of carbonyl (C=O) groups is 1. The topological polar surface area (TPSA) is 207 Å². The molecule has 3 atom stereocenters. The van der Waals surface area contributed by atoms with Crippen molar-refractivity contribution in [3.8, 4) is 0 Å². The standard InChI is InChI=1S/C14H18N6O.C10H13BrNO6P/c15-14-18-12(17-9-2-3-9)11-13(19-14)20(7-16-11)10-4-1-8(5-10)6-21;1-7(10(13)18-19(14,15)16)12-17-6-8-2-4-9(11)5-3-8/h1,4,7-10,21H,2-3,5-6H2,(H3,15,17,18,19);2-5,7,12H,6H2,1H3,(H2,14,15,16)/t8-,10+;7-/m10/s1. The Hall–Kier alpha value is -2.91. The Morgan fingerprint density at radius 1 is 1.25 bits per heavy atom. The number of imidazole rings is 1. The van der Waals surface area contributed by atoms with Crippen LogP contribution in [-0.2, 0) is 25.3 Å². The van der Waals surface area contributed by atoms with E-state index in [-0.39, 0.29) is 31.1 Å². The van der Waals surface area contributed by atoms with Crippen LogP contribution in [0.3, 0.4) is 0 Å².